The summed E-state index contributed by atoms with van der Waals surface area (Å²) in [5.74, 6) is -3.57. The summed E-state index contributed by atoms with van der Waals surface area (Å²) in [6.07, 6.45) is 4.76. The van der Waals surface area contributed by atoms with Gasteiger partial charge in [-0.15, -0.1) is 0 Å². The van der Waals surface area contributed by atoms with Gasteiger partial charge in [0.2, 0.25) is 5.91 Å². The van der Waals surface area contributed by atoms with Crippen LogP contribution in [0.1, 0.15) is 18.9 Å². The molecule has 0 spiro atoms. The molecule has 3 aromatic rings. The highest BCUT2D eigenvalue weighted by Gasteiger charge is 2.43. The van der Waals surface area contributed by atoms with Crippen molar-refractivity contribution in [2.75, 3.05) is 5.32 Å². The third-order valence-electron chi connectivity index (χ3n) is 4.94. The van der Waals surface area contributed by atoms with Crippen molar-refractivity contribution in [2.24, 2.45) is 11.8 Å². The normalized spacial score (nSPS) is 18.3. The lowest BCUT2D eigenvalue weighted by Crippen LogP contribution is -2.15. The number of anilines is 1. The van der Waals surface area contributed by atoms with Gasteiger partial charge in [-0.1, -0.05) is 11.6 Å². The van der Waals surface area contributed by atoms with Crippen LogP contribution >= 0.6 is 11.6 Å². The number of amides is 1. The van der Waals surface area contributed by atoms with Crippen molar-refractivity contribution in [3.05, 3.63) is 53.4 Å². The van der Waals surface area contributed by atoms with Gasteiger partial charge in [-0.25, -0.2) is 13.8 Å². The number of nitriles is 1. The third-order valence-corrected chi connectivity index (χ3v) is 5.25. The summed E-state index contributed by atoms with van der Waals surface area (Å²) in [6, 6.07) is 8.29. The fourth-order valence-corrected chi connectivity index (χ4v) is 3.57. The molecule has 0 saturated heterocycles. The molecule has 29 heavy (non-hydrogen) atoms. The van der Waals surface area contributed by atoms with Gasteiger partial charge in [0.05, 0.1) is 22.9 Å². The van der Waals surface area contributed by atoms with Gasteiger partial charge < -0.3 is 5.32 Å². The largest absolute Gasteiger partial charge is 0.310 e. The number of nitrogens with one attached hydrogen (secondary N) is 1. The van der Waals surface area contributed by atoms with Gasteiger partial charge in [0.15, 0.2) is 0 Å². The van der Waals surface area contributed by atoms with E-state index >= 15 is 0 Å². The van der Waals surface area contributed by atoms with E-state index in [2.05, 4.69) is 21.4 Å². The van der Waals surface area contributed by atoms with Crippen LogP contribution in [0.5, 0.6) is 0 Å². The number of rotatable bonds is 4. The van der Waals surface area contributed by atoms with Crippen LogP contribution in [-0.2, 0) is 10.7 Å². The Morgan fingerprint density at radius 3 is 2.83 bits per heavy atom. The molecule has 2 unspecified atom stereocenters. The second-order valence-electron chi connectivity index (χ2n) is 7.13. The number of pyridine rings is 2. The molecule has 2 heterocycles. The predicted molar refractivity (Wildman–Crippen MR) is 105 cm³/mol. The van der Waals surface area contributed by atoms with E-state index in [1.54, 1.807) is 18.2 Å². The van der Waals surface area contributed by atoms with E-state index in [0.717, 1.165) is 6.92 Å². The molecule has 0 aliphatic heterocycles. The molecule has 0 bridgehead atoms. The summed E-state index contributed by atoms with van der Waals surface area (Å²) < 4.78 is 28.0. The van der Waals surface area contributed by atoms with Crippen LogP contribution < -0.4 is 5.32 Å². The van der Waals surface area contributed by atoms with E-state index in [1.807, 2.05) is 0 Å². The topological polar surface area (TPSA) is 78.7 Å². The molecule has 2 aromatic heterocycles. The number of alkyl halides is 2. The van der Waals surface area contributed by atoms with Crippen LogP contribution in [0.15, 0.2) is 42.9 Å². The van der Waals surface area contributed by atoms with Crippen molar-refractivity contribution in [2.45, 2.75) is 19.3 Å². The first-order chi connectivity index (χ1) is 13.8. The smallest absolute Gasteiger partial charge is 0.271 e. The number of nitrogens with zero attached hydrogens (tertiary/aromatic N) is 3. The average molecular weight is 413 g/mol. The molecule has 2 atom stereocenters. The number of halogens is 3. The maximum absolute atomic E-state index is 14.0. The lowest BCUT2D eigenvalue weighted by atomic mass is 9.96. The van der Waals surface area contributed by atoms with E-state index < -0.39 is 5.92 Å². The van der Waals surface area contributed by atoms with Crippen molar-refractivity contribution in [1.82, 2.24) is 9.97 Å². The number of benzene rings is 1. The Labute approximate surface area is 170 Å². The number of carbonyl (C=O) groups excluding carboxylic acids is 1. The van der Waals surface area contributed by atoms with E-state index in [4.69, 9.17) is 16.9 Å². The van der Waals surface area contributed by atoms with Crippen molar-refractivity contribution in [3.63, 3.8) is 0 Å². The first-order valence-electron chi connectivity index (χ1n) is 8.90. The molecular formula is C21H15ClF2N4O. The quantitative estimate of drug-likeness (QED) is 0.642. The Morgan fingerprint density at radius 2 is 2.14 bits per heavy atom. The van der Waals surface area contributed by atoms with E-state index in [-0.39, 0.29) is 28.9 Å². The van der Waals surface area contributed by atoms with Crippen molar-refractivity contribution >= 4 is 34.1 Å². The van der Waals surface area contributed by atoms with Gasteiger partial charge in [-0.05, 0) is 41.6 Å². The average Bonchev–Trinajstić information content (AvgIpc) is 3.47. The van der Waals surface area contributed by atoms with Gasteiger partial charge in [0.1, 0.15) is 5.82 Å². The number of hydrogen-bond acceptors (Lipinski definition) is 4. The fraction of sp³-hybridized carbons (Fsp3) is 0.238. The van der Waals surface area contributed by atoms with Crippen molar-refractivity contribution < 1.29 is 13.6 Å². The zero-order valence-electron chi connectivity index (χ0n) is 15.3. The molecule has 146 valence electrons. The minimum absolute atomic E-state index is 0.151. The molecule has 4 rings (SSSR count). The number of carbonyl (C=O) groups is 1. The highest BCUT2D eigenvalue weighted by atomic mass is 35.5. The molecule has 1 N–H and O–H groups in total. The second-order valence-corrected chi connectivity index (χ2v) is 7.53. The molecule has 1 saturated carbocycles. The number of aromatic nitrogens is 2. The molecule has 1 aliphatic rings. The van der Waals surface area contributed by atoms with Crippen LogP contribution in [-0.4, -0.2) is 15.9 Å². The molecule has 1 aliphatic carbocycles. The Morgan fingerprint density at radius 1 is 1.34 bits per heavy atom. The van der Waals surface area contributed by atoms with Crippen LogP contribution in [0.3, 0.4) is 0 Å². The van der Waals surface area contributed by atoms with Crippen LogP contribution in [0.25, 0.3) is 21.9 Å². The summed E-state index contributed by atoms with van der Waals surface area (Å²) >= 11 is 6.36. The molecule has 1 aromatic carbocycles. The molecule has 5 nitrogen and oxygen atoms in total. The maximum Gasteiger partial charge on any atom is 0.271 e. The summed E-state index contributed by atoms with van der Waals surface area (Å²) in [5.41, 5.74) is 0.616. The standard InChI is InChI=1S/C21H15ClF2N4O/c1-21(23,24)17-2-3-26-9-15(17)11-4-12-7-19(27-10-16(12)18(22)6-11)28-20(29)14-5-13(14)8-25/h2-4,6-7,9-10,13-14H,5H2,1H3,(H,27,28,29). The molecule has 1 fully saturated rings. The monoisotopic (exact) mass is 412 g/mol. The zero-order valence-corrected chi connectivity index (χ0v) is 16.0. The van der Waals surface area contributed by atoms with Crippen LogP contribution in [0.4, 0.5) is 14.6 Å². The first kappa shape index (κ1) is 19.2. The van der Waals surface area contributed by atoms with Gasteiger partial charge in [-0.3, -0.25) is 9.78 Å². The van der Waals surface area contributed by atoms with Gasteiger partial charge >= 0.3 is 0 Å². The maximum atomic E-state index is 14.0. The number of hydrogen-bond donors (Lipinski definition) is 1. The molecule has 1 amide bonds. The van der Waals surface area contributed by atoms with E-state index in [1.165, 1.54) is 24.7 Å². The minimum Gasteiger partial charge on any atom is -0.310 e. The zero-order chi connectivity index (χ0) is 20.8. The van der Waals surface area contributed by atoms with E-state index in [0.29, 0.717) is 33.6 Å². The van der Waals surface area contributed by atoms with E-state index in [9.17, 15) is 13.6 Å². The Kier molecular flexibility index (Phi) is 4.67. The lowest BCUT2D eigenvalue weighted by Gasteiger charge is -2.16. The molecule has 0 radical (unpaired) electrons. The van der Waals surface area contributed by atoms with Crippen molar-refractivity contribution in [3.8, 4) is 17.2 Å². The second kappa shape index (κ2) is 7.05. The summed E-state index contributed by atoms with van der Waals surface area (Å²) in [7, 11) is 0. The Balaban J connectivity index is 1.73. The minimum atomic E-state index is -3.04. The third kappa shape index (κ3) is 3.76. The SMILES string of the molecule is CC(F)(F)c1ccncc1-c1cc(Cl)c2cnc(NC(=O)C3CC3C#N)cc2c1. The molecule has 8 heteroatoms. The van der Waals surface area contributed by atoms with Crippen molar-refractivity contribution in [1.29, 1.82) is 5.26 Å². The van der Waals surface area contributed by atoms with Gasteiger partial charge in [0.25, 0.3) is 5.92 Å². The Bertz CT molecular complexity index is 1170. The lowest BCUT2D eigenvalue weighted by molar-refractivity contribution is -0.117. The fourth-order valence-electron chi connectivity index (χ4n) is 3.29. The summed E-state index contributed by atoms with van der Waals surface area (Å²) in [5, 5.41) is 13.2. The first-order valence-corrected chi connectivity index (χ1v) is 9.28. The van der Waals surface area contributed by atoms with Crippen LogP contribution in [0.2, 0.25) is 5.02 Å². The highest BCUT2D eigenvalue weighted by molar-refractivity contribution is 6.36. The summed E-state index contributed by atoms with van der Waals surface area (Å²) in [6.45, 7) is 0.832. The Hall–Kier alpha value is -3.11. The highest BCUT2D eigenvalue weighted by Crippen LogP contribution is 2.39. The molecular weight excluding hydrogens is 398 g/mol. The van der Waals surface area contributed by atoms with Gasteiger partial charge in [-0.2, -0.15) is 5.26 Å². The van der Waals surface area contributed by atoms with Gasteiger partial charge in [0, 0.05) is 42.0 Å². The number of fused-ring (bicyclic) bond motifs is 1. The van der Waals surface area contributed by atoms with Crippen LogP contribution in [0, 0.1) is 23.2 Å². The predicted octanol–water partition coefficient (Wildman–Crippen LogP) is 5.16. The summed E-state index contributed by atoms with van der Waals surface area (Å²) in [4.78, 5) is 20.3.